The predicted octanol–water partition coefficient (Wildman–Crippen LogP) is 3.28. The first kappa shape index (κ1) is 10.9. The molecule has 82 valence electrons. The van der Waals surface area contributed by atoms with Crippen LogP contribution in [0.2, 0.25) is 0 Å². The van der Waals surface area contributed by atoms with Gasteiger partial charge in [0.25, 0.3) is 0 Å². The molecule has 2 rings (SSSR count). The van der Waals surface area contributed by atoms with Crippen LogP contribution in [0.3, 0.4) is 0 Å². The first-order valence-corrected chi connectivity index (χ1v) is 7.07. The van der Waals surface area contributed by atoms with Crippen molar-refractivity contribution in [2.75, 3.05) is 18.4 Å². The van der Waals surface area contributed by atoms with Gasteiger partial charge < -0.3 is 4.90 Å². The van der Waals surface area contributed by atoms with Crippen LogP contribution in [0.25, 0.3) is 0 Å². The highest BCUT2D eigenvalue weighted by atomic mass is 79.9. The highest BCUT2D eigenvalue weighted by Crippen LogP contribution is 2.48. The van der Waals surface area contributed by atoms with Crippen LogP contribution in [0.15, 0.2) is 0 Å². The van der Waals surface area contributed by atoms with E-state index in [-0.39, 0.29) is 0 Å². The molecule has 1 nitrogen and oxygen atoms in total. The van der Waals surface area contributed by atoms with E-state index in [0.29, 0.717) is 5.41 Å². The Bertz CT molecular complexity index is 204. The number of hydrogen-bond acceptors (Lipinski definition) is 1. The third-order valence-electron chi connectivity index (χ3n) is 4.22. The highest BCUT2D eigenvalue weighted by Gasteiger charge is 2.43. The van der Waals surface area contributed by atoms with Gasteiger partial charge in [-0.1, -0.05) is 15.9 Å². The summed E-state index contributed by atoms with van der Waals surface area (Å²) in [4.78, 5) is 2.66. The van der Waals surface area contributed by atoms with Crippen LogP contribution in [-0.2, 0) is 0 Å². The zero-order chi connectivity index (χ0) is 10.2. The molecule has 2 aliphatic rings. The maximum Gasteiger partial charge on any atom is 0.00598 e. The molecule has 1 heterocycles. The van der Waals surface area contributed by atoms with Gasteiger partial charge >= 0.3 is 0 Å². The molecule has 1 aliphatic carbocycles. The van der Waals surface area contributed by atoms with Gasteiger partial charge in [0.1, 0.15) is 0 Å². The number of rotatable bonds is 2. The van der Waals surface area contributed by atoms with E-state index < -0.39 is 0 Å². The van der Waals surface area contributed by atoms with Crippen molar-refractivity contribution >= 4 is 15.9 Å². The summed E-state index contributed by atoms with van der Waals surface area (Å²) < 4.78 is 0. The molecule has 2 heteroatoms. The van der Waals surface area contributed by atoms with Gasteiger partial charge in [0.05, 0.1) is 0 Å². The molecule has 0 radical (unpaired) electrons. The summed E-state index contributed by atoms with van der Waals surface area (Å²) >= 11 is 3.64. The van der Waals surface area contributed by atoms with Gasteiger partial charge in [-0.05, 0) is 57.4 Å². The third kappa shape index (κ3) is 2.01. The second kappa shape index (κ2) is 4.13. The normalized spacial score (nSPS) is 39.0. The molecule has 1 saturated heterocycles. The van der Waals surface area contributed by atoms with E-state index in [2.05, 4.69) is 34.7 Å². The molecule has 0 bridgehead atoms. The topological polar surface area (TPSA) is 3.24 Å². The molecule has 0 aromatic carbocycles. The lowest BCUT2D eigenvalue weighted by Gasteiger charge is -2.26. The van der Waals surface area contributed by atoms with Gasteiger partial charge in [0, 0.05) is 17.9 Å². The average Bonchev–Trinajstić information content (AvgIpc) is 2.74. The van der Waals surface area contributed by atoms with Crippen molar-refractivity contribution in [3.05, 3.63) is 0 Å². The molecule has 0 N–H and O–H groups in total. The Labute approximate surface area is 96.4 Å². The summed E-state index contributed by atoms with van der Waals surface area (Å²) in [5, 5.41) is 1.22. The zero-order valence-electron chi connectivity index (χ0n) is 9.43. The maximum absolute atomic E-state index is 3.64. The number of alkyl halides is 1. The Hall–Kier alpha value is 0.440. The van der Waals surface area contributed by atoms with Crippen molar-refractivity contribution in [2.45, 2.75) is 45.6 Å². The fraction of sp³-hybridized carbons (Fsp3) is 1.00. The Morgan fingerprint density at radius 1 is 1.43 bits per heavy atom. The smallest absolute Gasteiger partial charge is 0.00598 e. The number of hydrogen-bond donors (Lipinski definition) is 0. The van der Waals surface area contributed by atoms with Crippen LogP contribution >= 0.6 is 15.9 Å². The Morgan fingerprint density at radius 2 is 2.21 bits per heavy atom. The third-order valence-corrected chi connectivity index (χ3v) is 5.14. The summed E-state index contributed by atoms with van der Waals surface area (Å²) in [7, 11) is 0. The van der Waals surface area contributed by atoms with Crippen molar-refractivity contribution in [3.63, 3.8) is 0 Å². The molecule has 2 fully saturated rings. The van der Waals surface area contributed by atoms with Gasteiger partial charge in [0.15, 0.2) is 0 Å². The van der Waals surface area contributed by atoms with E-state index in [1.54, 1.807) is 0 Å². The van der Waals surface area contributed by atoms with Crippen LogP contribution in [0.1, 0.15) is 39.5 Å². The summed E-state index contributed by atoms with van der Waals surface area (Å²) in [6.07, 6.45) is 5.86. The van der Waals surface area contributed by atoms with Crippen molar-refractivity contribution in [2.24, 2.45) is 11.3 Å². The van der Waals surface area contributed by atoms with E-state index in [4.69, 9.17) is 0 Å². The summed E-state index contributed by atoms with van der Waals surface area (Å²) in [6, 6.07) is 0.748. The molecule has 0 aromatic rings. The fourth-order valence-corrected chi connectivity index (χ4v) is 3.79. The van der Waals surface area contributed by atoms with E-state index in [1.807, 2.05) is 0 Å². The van der Waals surface area contributed by atoms with Crippen molar-refractivity contribution < 1.29 is 0 Å². The number of likely N-dealkylation sites (tertiary alicyclic amines) is 1. The molecular formula is C12H22BrN. The number of nitrogens with zero attached hydrogens (tertiary/aromatic N) is 1. The first-order chi connectivity index (χ1) is 6.65. The van der Waals surface area contributed by atoms with Crippen LogP contribution in [0.4, 0.5) is 0 Å². The molecule has 0 aromatic heterocycles. The molecular weight excluding hydrogens is 238 g/mol. The quantitative estimate of drug-likeness (QED) is 0.689. The second-order valence-corrected chi connectivity index (χ2v) is 6.22. The van der Waals surface area contributed by atoms with Crippen LogP contribution in [0.5, 0.6) is 0 Å². The summed E-state index contributed by atoms with van der Waals surface area (Å²) in [6.45, 7) is 7.37. The van der Waals surface area contributed by atoms with Crippen LogP contribution in [0, 0.1) is 11.3 Å². The Balaban J connectivity index is 1.94. The zero-order valence-corrected chi connectivity index (χ0v) is 11.0. The minimum absolute atomic E-state index is 0.711. The van der Waals surface area contributed by atoms with Crippen LogP contribution in [-0.4, -0.2) is 29.4 Å². The SMILES string of the molecule is CC(C)N1CC[C@@]2(CC[C@H](CBr)C2)C1. The molecule has 14 heavy (non-hydrogen) atoms. The molecule has 0 amide bonds. The lowest BCUT2D eigenvalue weighted by molar-refractivity contribution is 0.222. The fourth-order valence-electron chi connectivity index (χ4n) is 3.24. The monoisotopic (exact) mass is 259 g/mol. The van der Waals surface area contributed by atoms with Crippen molar-refractivity contribution in [3.8, 4) is 0 Å². The van der Waals surface area contributed by atoms with E-state index >= 15 is 0 Å². The van der Waals surface area contributed by atoms with Crippen molar-refractivity contribution in [1.82, 2.24) is 4.90 Å². The lowest BCUT2D eigenvalue weighted by atomic mass is 9.85. The average molecular weight is 260 g/mol. The standard InChI is InChI=1S/C12H22BrN/c1-10(2)14-6-5-12(9-14)4-3-11(7-12)8-13/h10-11H,3-9H2,1-2H3/t11-,12+/m0/s1. The van der Waals surface area contributed by atoms with E-state index in [1.165, 1.54) is 44.1 Å². The molecule has 1 aliphatic heterocycles. The maximum atomic E-state index is 3.64. The Kier molecular flexibility index (Phi) is 3.23. The van der Waals surface area contributed by atoms with Crippen molar-refractivity contribution in [1.29, 1.82) is 0 Å². The largest absolute Gasteiger partial charge is 0.300 e. The minimum atomic E-state index is 0.711. The van der Waals surface area contributed by atoms with Gasteiger partial charge in [-0.2, -0.15) is 0 Å². The lowest BCUT2D eigenvalue weighted by Crippen LogP contribution is -2.31. The van der Waals surface area contributed by atoms with Gasteiger partial charge in [-0.25, -0.2) is 0 Å². The first-order valence-electron chi connectivity index (χ1n) is 5.95. The molecule has 2 atom stereocenters. The highest BCUT2D eigenvalue weighted by molar-refractivity contribution is 9.09. The molecule has 0 unspecified atom stereocenters. The van der Waals surface area contributed by atoms with Gasteiger partial charge in [-0.15, -0.1) is 0 Å². The Morgan fingerprint density at radius 3 is 2.71 bits per heavy atom. The molecule has 1 saturated carbocycles. The van der Waals surface area contributed by atoms with Crippen LogP contribution < -0.4 is 0 Å². The predicted molar refractivity (Wildman–Crippen MR) is 64.9 cm³/mol. The van der Waals surface area contributed by atoms with E-state index in [9.17, 15) is 0 Å². The molecule has 1 spiro atoms. The van der Waals surface area contributed by atoms with E-state index in [0.717, 1.165) is 12.0 Å². The van der Waals surface area contributed by atoms with Gasteiger partial charge in [0.2, 0.25) is 0 Å². The second-order valence-electron chi connectivity index (χ2n) is 5.58. The van der Waals surface area contributed by atoms with Gasteiger partial charge in [-0.3, -0.25) is 0 Å². The number of halogens is 1. The minimum Gasteiger partial charge on any atom is -0.300 e. The summed E-state index contributed by atoms with van der Waals surface area (Å²) in [5.74, 6) is 0.960. The summed E-state index contributed by atoms with van der Waals surface area (Å²) in [5.41, 5.74) is 0.711.